The summed E-state index contributed by atoms with van der Waals surface area (Å²) in [6.07, 6.45) is 1.79. The van der Waals surface area contributed by atoms with Crippen LogP contribution in [0.5, 0.6) is 11.5 Å². The second-order valence-corrected chi connectivity index (χ2v) is 6.83. The van der Waals surface area contributed by atoms with Gasteiger partial charge in [0.2, 0.25) is 0 Å². The van der Waals surface area contributed by atoms with Crippen molar-refractivity contribution in [2.24, 2.45) is 0 Å². The van der Waals surface area contributed by atoms with E-state index >= 15 is 0 Å². The maximum Gasteiger partial charge on any atom is 0.163 e. The number of nitrogens with one attached hydrogen (secondary N) is 1. The van der Waals surface area contributed by atoms with E-state index in [0.29, 0.717) is 6.54 Å². The Bertz CT molecular complexity index is 865. The molecule has 26 heavy (non-hydrogen) atoms. The number of aromatic nitrogens is 2. The molecule has 0 saturated carbocycles. The molecule has 1 N–H and O–H groups in total. The highest BCUT2D eigenvalue weighted by molar-refractivity contribution is 7.13. The third-order valence-electron chi connectivity index (χ3n) is 4.33. The van der Waals surface area contributed by atoms with Crippen molar-refractivity contribution in [2.45, 2.75) is 26.4 Å². The fourth-order valence-electron chi connectivity index (χ4n) is 2.93. The highest BCUT2D eigenvalue weighted by Gasteiger charge is 2.16. The number of thiazole rings is 1. The van der Waals surface area contributed by atoms with Gasteiger partial charge in [-0.3, -0.25) is 4.98 Å². The number of hydrogen-bond donors (Lipinski definition) is 1. The normalized spacial score (nSPS) is 12.0. The molecule has 0 amide bonds. The summed E-state index contributed by atoms with van der Waals surface area (Å²) in [5.74, 6) is 1.53. The molecule has 136 valence electrons. The molecule has 0 radical (unpaired) electrons. The molecule has 3 rings (SSSR count). The quantitative estimate of drug-likeness (QED) is 0.670. The molecule has 0 spiro atoms. The average molecular weight is 369 g/mol. The minimum atomic E-state index is 0.162. The lowest BCUT2D eigenvalue weighted by Gasteiger charge is -2.19. The van der Waals surface area contributed by atoms with Crippen molar-refractivity contribution in [3.05, 3.63) is 58.7 Å². The van der Waals surface area contributed by atoms with Gasteiger partial charge >= 0.3 is 0 Å². The molecule has 0 aliphatic rings. The summed E-state index contributed by atoms with van der Waals surface area (Å²) in [6.45, 7) is 4.88. The van der Waals surface area contributed by atoms with Crippen LogP contribution in [0.25, 0.3) is 10.7 Å². The van der Waals surface area contributed by atoms with Crippen molar-refractivity contribution in [2.75, 3.05) is 14.2 Å². The summed E-state index contributed by atoms with van der Waals surface area (Å²) in [6, 6.07) is 10.0. The Kier molecular flexibility index (Phi) is 5.85. The van der Waals surface area contributed by atoms with Gasteiger partial charge < -0.3 is 14.8 Å². The summed E-state index contributed by atoms with van der Waals surface area (Å²) < 4.78 is 10.9. The number of ether oxygens (including phenoxy) is 2. The molecular formula is C20H23N3O2S. The van der Waals surface area contributed by atoms with Crippen LogP contribution in [-0.2, 0) is 6.54 Å². The second-order valence-electron chi connectivity index (χ2n) is 5.98. The largest absolute Gasteiger partial charge is 0.493 e. The van der Waals surface area contributed by atoms with Gasteiger partial charge in [-0.15, -0.1) is 11.3 Å². The van der Waals surface area contributed by atoms with E-state index in [2.05, 4.69) is 40.6 Å². The lowest BCUT2D eigenvalue weighted by atomic mass is 10.0. The lowest BCUT2D eigenvalue weighted by Crippen LogP contribution is -2.19. The molecule has 0 bridgehead atoms. The maximum atomic E-state index is 5.50. The standard InChI is InChI=1S/C20H23N3O2S/c1-13-16(8-9-18(24-3)19(13)25-4)14(2)22-11-15-12-26-20(23-15)17-7-5-6-10-21-17/h5-10,12,14,22H,11H2,1-4H3. The molecular weight excluding hydrogens is 346 g/mol. The molecule has 1 unspecified atom stereocenters. The molecule has 0 fully saturated rings. The third kappa shape index (κ3) is 3.86. The van der Waals surface area contributed by atoms with E-state index in [1.54, 1.807) is 31.8 Å². The first-order chi connectivity index (χ1) is 12.6. The van der Waals surface area contributed by atoms with Crippen LogP contribution < -0.4 is 14.8 Å². The lowest BCUT2D eigenvalue weighted by molar-refractivity contribution is 0.351. The average Bonchev–Trinajstić information content (AvgIpc) is 3.15. The van der Waals surface area contributed by atoms with Crippen LogP contribution in [0.1, 0.15) is 29.8 Å². The molecule has 0 aliphatic heterocycles. The summed E-state index contributed by atoms with van der Waals surface area (Å²) in [5, 5.41) is 6.55. The van der Waals surface area contributed by atoms with Crippen molar-refractivity contribution in [1.82, 2.24) is 15.3 Å². The van der Waals surface area contributed by atoms with Crippen molar-refractivity contribution in [3.63, 3.8) is 0 Å². The van der Waals surface area contributed by atoms with Crippen LogP contribution in [0.4, 0.5) is 0 Å². The van der Waals surface area contributed by atoms with Gasteiger partial charge in [0, 0.05) is 24.2 Å². The van der Waals surface area contributed by atoms with Crippen molar-refractivity contribution in [1.29, 1.82) is 0 Å². The van der Waals surface area contributed by atoms with E-state index in [4.69, 9.17) is 9.47 Å². The van der Waals surface area contributed by atoms with E-state index in [1.807, 2.05) is 24.3 Å². The van der Waals surface area contributed by atoms with E-state index in [9.17, 15) is 0 Å². The van der Waals surface area contributed by atoms with E-state index in [-0.39, 0.29) is 6.04 Å². The van der Waals surface area contributed by atoms with E-state index in [0.717, 1.165) is 33.5 Å². The summed E-state index contributed by atoms with van der Waals surface area (Å²) in [5.41, 5.74) is 4.19. The van der Waals surface area contributed by atoms with Crippen LogP contribution in [0, 0.1) is 6.92 Å². The summed E-state index contributed by atoms with van der Waals surface area (Å²) in [4.78, 5) is 9.03. The molecule has 6 heteroatoms. The van der Waals surface area contributed by atoms with Crippen LogP contribution in [0.2, 0.25) is 0 Å². The number of methoxy groups -OCH3 is 2. The zero-order chi connectivity index (χ0) is 18.5. The first-order valence-corrected chi connectivity index (χ1v) is 9.32. The Morgan fingerprint density at radius 2 is 2.00 bits per heavy atom. The first kappa shape index (κ1) is 18.4. The SMILES string of the molecule is COc1ccc(C(C)NCc2csc(-c3ccccn3)n2)c(C)c1OC. The minimum Gasteiger partial charge on any atom is -0.493 e. The van der Waals surface area contributed by atoms with Gasteiger partial charge in [-0.2, -0.15) is 0 Å². The molecule has 1 aromatic carbocycles. The number of benzene rings is 1. The third-order valence-corrected chi connectivity index (χ3v) is 5.24. The molecule has 0 aliphatic carbocycles. The van der Waals surface area contributed by atoms with Gasteiger partial charge in [-0.1, -0.05) is 12.1 Å². The highest BCUT2D eigenvalue weighted by atomic mass is 32.1. The fourth-order valence-corrected chi connectivity index (χ4v) is 3.72. The predicted molar refractivity (Wildman–Crippen MR) is 105 cm³/mol. The van der Waals surface area contributed by atoms with E-state index < -0.39 is 0 Å². The minimum absolute atomic E-state index is 0.162. The van der Waals surface area contributed by atoms with Crippen LogP contribution >= 0.6 is 11.3 Å². The summed E-state index contributed by atoms with van der Waals surface area (Å²) >= 11 is 1.61. The topological polar surface area (TPSA) is 56.3 Å². The van der Waals surface area contributed by atoms with Gasteiger partial charge in [0.25, 0.3) is 0 Å². The Morgan fingerprint density at radius 1 is 1.15 bits per heavy atom. The smallest absolute Gasteiger partial charge is 0.163 e. The zero-order valence-corrected chi connectivity index (χ0v) is 16.3. The first-order valence-electron chi connectivity index (χ1n) is 8.44. The van der Waals surface area contributed by atoms with Gasteiger partial charge in [0.05, 0.1) is 25.6 Å². The van der Waals surface area contributed by atoms with E-state index in [1.165, 1.54) is 5.56 Å². The molecule has 3 aromatic rings. The van der Waals surface area contributed by atoms with Crippen LogP contribution in [0.3, 0.4) is 0 Å². The Hall–Kier alpha value is -2.44. The number of rotatable bonds is 7. The Morgan fingerprint density at radius 3 is 2.69 bits per heavy atom. The summed E-state index contributed by atoms with van der Waals surface area (Å²) in [7, 11) is 3.32. The van der Waals surface area contributed by atoms with Crippen LogP contribution in [0.15, 0.2) is 41.9 Å². The number of pyridine rings is 1. The highest BCUT2D eigenvalue weighted by Crippen LogP contribution is 2.35. The van der Waals surface area contributed by atoms with Gasteiger partial charge in [-0.05, 0) is 43.2 Å². The zero-order valence-electron chi connectivity index (χ0n) is 15.4. The van der Waals surface area contributed by atoms with Crippen LogP contribution in [-0.4, -0.2) is 24.2 Å². The molecule has 5 nitrogen and oxygen atoms in total. The maximum absolute atomic E-state index is 5.50. The van der Waals surface area contributed by atoms with Gasteiger partial charge in [0.15, 0.2) is 11.5 Å². The monoisotopic (exact) mass is 369 g/mol. The fraction of sp³-hybridized carbons (Fsp3) is 0.300. The molecule has 2 heterocycles. The Balaban J connectivity index is 1.70. The van der Waals surface area contributed by atoms with Crippen molar-refractivity contribution >= 4 is 11.3 Å². The van der Waals surface area contributed by atoms with Crippen molar-refractivity contribution < 1.29 is 9.47 Å². The molecule has 0 saturated heterocycles. The second kappa shape index (κ2) is 8.29. The Labute approximate surface area is 158 Å². The number of nitrogens with zero attached hydrogens (tertiary/aromatic N) is 2. The van der Waals surface area contributed by atoms with Gasteiger partial charge in [0.1, 0.15) is 5.01 Å². The molecule has 2 aromatic heterocycles. The number of hydrogen-bond acceptors (Lipinski definition) is 6. The predicted octanol–water partition coefficient (Wildman–Crippen LogP) is 4.38. The van der Waals surface area contributed by atoms with Gasteiger partial charge in [-0.25, -0.2) is 4.98 Å². The van der Waals surface area contributed by atoms with Crippen molar-refractivity contribution in [3.8, 4) is 22.2 Å². The molecule has 1 atom stereocenters.